The molecule has 1 heterocycles. The molecular weight excluding hydrogens is 216 g/mol. The normalized spacial score (nSPS) is 10.6. The van der Waals surface area contributed by atoms with Crippen LogP contribution >= 0.6 is 0 Å². The van der Waals surface area contributed by atoms with E-state index in [0.29, 0.717) is 18.5 Å². The van der Waals surface area contributed by atoms with E-state index in [1.807, 2.05) is 20.0 Å². The van der Waals surface area contributed by atoms with Crippen molar-refractivity contribution in [1.29, 1.82) is 0 Å². The summed E-state index contributed by atoms with van der Waals surface area (Å²) >= 11 is 0. The molecule has 0 amide bonds. The fourth-order valence-corrected chi connectivity index (χ4v) is 1.34. The van der Waals surface area contributed by atoms with Crippen LogP contribution in [-0.4, -0.2) is 36.8 Å². The summed E-state index contributed by atoms with van der Waals surface area (Å²) in [6.07, 6.45) is 0. The lowest BCUT2D eigenvalue weighted by molar-refractivity contribution is 0.118. The highest BCUT2D eigenvalue weighted by atomic mass is 16.5. The van der Waals surface area contributed by atoms with Gasteiger partial charge in [0.05, 0.1) is 6.61 Å². The molecular formula is C12H22N4O. The van der Waals surface area contributed by atoms with E-state index in [1.54, 1.807) is 0 Å². The summed E-state index contributed by atoms with van der Waals surface area (Å²) in [6, 6.07) is 1.92. The van der Waals surface area contributed by atoms with Crippen LogP contribution in [0.5, 0.6) is 0 Å². The zero-order valence-corrected chi connectivity index (χ0v) is 11.1. The summed E-state index contributed by atoms with van der Waals surface area (Å²) in [6.45, 7) is 8.47. The van der Waals surface area contributed by atoms with Gasteiger partial charge in [0.15, 0.2) is 0 Å². The van der Waals surface area contributed by atoms with Crippen LogP contribution in [0.2, 0.25) is 0 Å². The van der Waals surface area contributed by atoms with Crippen molar-refractivity contribution in [3.05, 3.63) is 11.8 Å². The Balaban J connectivity index is 2.33. The molecule has 1 aromatic heterocycles. The first-order chi connectivity index (χ1) is 8.11. The average molecular weight is 238 g/mol. The smallest absolute Gasteiger partial charge is 0.224 e. The standard InChI is InChI=1S/C12H22N4O/c1-9(2)8-17-6-5-14-11-7-10(3)15-12(13-4)16-11/h7,9H,5-6,8H2,1-4H3,(H2,13,14,15,16). The fourth-order valence-electron chi connectivity index (χ4n) is 1.34. The number of anilines is 2. The highest BCUT2D eigenvalue weighted by Gasteiger charge is 2.00. The lowest BCUT2D eigenvalue weighted by Gasteiger charge is -2.09. The van der Waals surface area contributed by atoms with E-state index in [9.17, 15) is 0 Å². The van der Waals surface area contributed by atoms with Crippen molar-refractivity contribution in [2.24, 2.45) is 5.92 Å². The van der Waals surface area contributed by atoms with Crippen LogP contribution in [0.3, 0.4) is 0 Å². The Bertz CT molecular complexity index is 341. The Hall–Kier alpha value is -1.36. The van der Waals surface area contributed by atoms with Crippen LogP contribution in [-0.2, 0) is 4.74 Å². The van der Waals surface area contributed by atoms with E-state index >= 15 is 0 Å². The number of ether oxygens (including phenoxy) is 1. The van der Waals surface area contributed by atoms with Crippen molar-refractivity contribution < 1.29 is 4.74 Å². The molecule has 17 heavy (non-hydrogen) atoms. The molecule has 2 N–H and O–H groups in total. The number of rotatable bonds is 7. The molecule has 0 saturated heterocycles. The Labute approximate surface area is 103 Å². The predicted molar refractivity (Wildman–Crippen MR) is 70.5 cm³/mol. The Morgan fingerprint density at radius 1 is 1.35 bits per heavy atom. The molecule has 1 aromatic rings. The average Bonchev–Trinajstić information content (AvgIpc) is 2.27. The molecule has 0 bridgehead atoms. The first kappa shape index (κ1) is 13.7. The number of nitrogens with zero attached hydrogens (tertiary/aromatic N) is 2. The molecule has 1 rings (SSSR count). The van der Waals surface area contributed by atoms with Gasteiger partial charge in [0, 0.05) is 32.0 Å². The van der Waals surface area contributed by atoms with Gasteiger partial charge >= 0.3 is 0 Å². The molecule has 0 unspecified atom stereocenters. The van der Waals surface area contributed by atoms with Crippen molar-refractivity contribution in [3.8, 4) is 0 Å². The van der Waals surface area contributed by atoms with E-state index in [1.165, 1.54) is 0 Å². The molecule has 0 aliphatic carbocycles. The van der Waals surface area contributed by atoms with Gasteiger partial charge in [-0.15, -0.1) is 0 Å². The molecule has 96 valence electrons. The second-order valence-electron chi connectivity index (χ2n) is 4.36. The van der Waals surface area contributed by atoms with Crippen LogP contribution in [0.25, 0.3) is 0 Å². The number of aryl methyl sites for hydroxylation is 1. The van der Waals surface area contributed by atoms with Gasteiger partial charge in [0.1, 0.15) is 5.82 Å². The van der Waals surface area contributed by atoms with E-state index in [2.05, 4.69) is 34.4 Å². The number of nitrogens with one attached hydrogen (secondary N) is 2. The molecule has 0 atom stereocenters. The molecule has 0 radical (unpaired) electrons. The third kappa shape index (κ3) is 5.49. The third-order valence-corrected chi connectivity index (χ3v) is 2.08. The zero-order chi connectivity index (χ0) is 12.7. The van der Waals surface area contributed by atoms with Gasteiger partial charge in [-0.3, -0.25) is 0 Å². The van der Waals surface area contributed by atoms with Gasteiger partial charge in [-0.25, -0.2) is 4.98 Å². The van der Waals surface area contributed by atoms with Crippen LogP contribution in [0.4, 0.5) is 11.8 Å². The molecule has 0 fully saturated rings. The zero-order valence-electron chi connectivity index (χ0n) is 11.1. The maximum Gasteiger partial charge on any atom is 0.224 e. The SMILES string of the molecule is CNc1nc(C)cc(NCCOCC(C)C)n1. The number of aromatic nitrogens is 2. The van der Waals surface area contributed by atoms with Crippen LogP contribution < -0.4 is 10.6 Å². The summed E-state index contributed by atoms with van der Waals surface area (Å²) < 4.78 is 5.48. The molecule has 0 aliphatic rings. The minimum Gasteiger partial charge on any atom is -0.379 e. The van der Waals surface area contributed by atoms with E-state index < -0.39 is 0 Å². The fraction of sp³-hybridized carbons (Fsp3) is 0.667. The summed E-state index contributed by atoms with van der Waals surface area (Å²) in [7, 11) is 1.81. The molecule has 0 spiro atoms. The van der Waals surface area contributed by atoms with Crippen LogP contribution in [0, 0.1) is 12.8 Å². The largest absolute Gasteiger partial charge is 0.379 e. The molecule has 0 aromatic carbocycles. The monoisotopic (exact) mass is 238 g/mol. The number of hydrogen-bond donors (Lipinski definition) is 2. The maximum absolute atomic E-state index is 5.48. The Kier molecular flexibility index (Phi) is 5.69. The van der Waals surface area contributed by atoms with Crippen LogP contribution in [0.1, 0.15) is 19.5 Å². The van der Waals surface area contributed by atoms with E-state index in [-0.39, 0.29) is 0 Å². The second kappa shape index (κ2) is 7.06. The maximum atomic E-state index is 5.48. The van der Waals surface area contributed by atoms with Crippen molar-refractivity contribution >= 4 is 11.8 Å². The van der Waals surface area contributed by atoms with Crippen molar-refractivity contribution in [2.45, 2.75) is 20.8 Å². The summed E-state index contributed by atoms with van der Waals surface area (Å²) in [4.78, 5) is 8.52. The van der Waals surface area contributed by atoms with Gasteiger partial charge in [-0.2, -0.15) is 4.98 Å². The quantitative estimate of drug-likeness (QED) is 0.711. The minimum atomic E-state index is 0.576. The predicted octanol–water partition coefficient (Wildman–Crippen LogP) is 1.91. The highest BCUT2D eigenvalue weighted by Crippen LogP contribution is 2.08. The Morgan fingerprint density at radius 3 is 2.76 bits per heavy atom. The summed E-state index contributed by atoms with van der Waals surface area (Å²) in [5, 5.41) is 6.15. The van der Waals surface area contributed by atoms with Crippen molar-refractivity contribution in [2.75, 3.05) is 37.4 Å². The summed E-state index contributed by atoms with van der Waals surface area (Å²) in [5.41, 5.74) is 0.940. The molecule has 5 nitrogen and oxygen atoms in total. The number of hydrogen-bond acceptors (Lipinski definition) is 5. The third-order valence-electron chi connectivity index (χ3n) is 2.08. The molecule has 0 saturated carbocycles. The van der Waals surface area contributed by atoms with E-state index in [0.717, 1.165) is 24.7 Å². The van der Waals surface area contributed by atoms with E-state index in [4.69, 9.17) is 4.74 Å². The van der Waals surface area contributed by atoms with Crippen molar-refractivity contribution in [3.63, 3.8) is 0 Å². The Morgan fingerprint density at radius 2 is 2.12 bits per heavy atom. The van der Waals surface area contributed by atoms with Gasteiger partial charge < -0.3 is 15.4 Å². The second-order valence-corrected chi connectivity index (χ2v) is 4.36. The van der Waals surface area contributed by atoms with Crippen LogP contribution in [0.15, 0.2) is 6.07 Å². The first-order valence-corrected chi connectivity index (χ1v) is 5.97. The first-order valence-electron chi connectivity index (χ1n) is 5.97. The van der Waals surface area contributed by atoms with Gasteiger partial charge in [-0.05, 0) is 12.8 Å². The van der Waals surface area contributed by atoms with Gasteiger partial charge in [-0.1, -0.05) is 13.8 Å². The van der Waals surface area contributed by atoms with Crippen molar-refractivity contribution in [1.82, 2.24) is 9.97 Å². The minimum absolute atomic E-state index is 0.576. The van der Waals surface area contributed by atoms with Gasteiger partial charge in [0.2, 0.25) is 5.95 Å². The molecule has 0 aliphatic heterocycles. The summed E-state index contributed by atoms with van der Waals surface area (Å²) in [5.74, 6) is 2.04. The lowest BCUT2D eigenvalue weighted by atomic mass is 10.2. The lowest BCUT2D eigenvalue weighted by Crippen LogP contribution is -2.13. The highest BCUT2D eigenvalue weighted by molar-refractivity contribution is 5.41. The van der Waals surface area contributed by atoms with Gasteiger partial charge in [0.25, 0.3) is 0 Å². The topological polar surface area (TPSA) is 59.1 Å². The molecule has 5 heteroatoms.